The molecular weight excluding hydrogens is 279 g/mol. The molecule has 114 valence electrons. The summed E-state index contributed by atoms with van der Waals surface area (Å²) < 4.78 is 40.5. The van der Waals surface area contributed by atoms with Crippen LogP contribution in [0.3, 0.4) is 0 Å². The molecule has 0 saturated heterocycles. The summed E-state index contributed by atoms with van der Waals surface area (Å²) in [4.78, 5) is -0.243. The minimum atomic E-state index is -3.80. The lowest BCUT2D eigenvalue weighted by atomic mass is 10.2. The fourth-order valence-corrected chi connectivity index (χ4v) is 3.94. The van der Waals surface area contributed by atoms with E-state index in [-0.39, 0.29) is 10.9 Å². The van der Waals surface area contributed by atoms with Gasteiger partial charge in [-0.05, 0) is 38.1 Å². The van der Waals surface area contributed by atoms with Crippen molar-refractivity contribution in [1.82, 2.24) is 9.62 Å². The fourth-order valence-electron chi connectivity index (χ4n) is 2.11. The summed E-state index contributed by atoms with van der Waals surface area (Å²) in [6.07, 6.45) is 0.685. The number of benzene rings is 1. The molecule has 1 aromatic rings. The van der Waals surface area contributed by atoms with Crippen molar-refractivity contribution in [1.29, 1.82) is 0 Å². The molecule has 0 heterocycles. The third-order valence-electron chi connectivity index (χ3n) is 3.36. The van der Waals surface area contributed by atoms with Gasteiger partial charge in [-0.15, -0.1) is 0 Å². The van der Waals surface area contributed by atoms with Gasteiger partial charge < -0.3 is 5.32 Å². The largest absolute Gasteiger partial charge is 0.316 e. The average Bonchev–Trinajstić information content (AvgIpc) is 2.41. The van der Waals surface area contributed by atoms with Crippen molar-refractivity contribution in [2.24, 2.45) is 0 Å². The maximum absolute atomic E-state index is 13.9. The van der Waals surface area contributed by atoms with Gasteiger partial charge in [-0.25, -0.2) is 12.8 Å². The van der Waals surface area contributed by atoms with Gasteiger partial charge in [-0.1, -0.05) is 19.9 Å². The summed E-state index contributed by atoms with van der Waals surface area (Å²) in [7, 11) is -2.04. The molecule has 20 heavy (non-hydrogen) atoms. The molecule has 0 saturated carbocycles. The molecule has 1 N–H and O–H groups in total. The average molecular weight is 302 g/mol. The maximum atomic E-state index is 13.9. The highest BCUT2D eigenvalue weighted by Crippen LogP contribution is 2.23. The van der Waals surface area contributed by atoms with Crippen LogP contribution < -0.4 is 5.32 Å². The van der Waals surface area contributed by atoms with Crippen molar-refractivity contribution in [2.75, 3.05) is 13.6 Å². The van der Waals surface area contributed by atoms with Crippen molar-refractivity contribution in [3.8, 4) is 0 Å². The van der Waals surface area contributed by atoms with Gasteiger partial charge in [-0.3, -0.25) is 0 Å². The van der Waals surface area contributed by atoms with Gasteiger partial charge in [0, 0.05) is 19.1 Å². The number of halogens is 1. The second-order valence-corrected chi connectivity index (χ2v) is 6.62. The zero-order chi connectivity index (χ0) is 15.3. The van der Waals surface area contributed by atoms with Gasteiger partial charge in [0.2, 0.25) is 10.0 Å². The van der Waals surface area contributed by atoms with Crippen LogP contribution in [0.2, 0.25) is 0 Å². The highest BCUT2D eigenvalue weighted by Gasteiger charge is 2.29. The van der Waals surface area contributed by atoms with Crippen LogP contribution in [0.4, 0.5) is 4.39 Å². The Hall–Kier alpha value is -0.980. The quantitative estimate of drug-likeness (QED) is 0.841. The molecule has 0 aliphatic rings. The zero-order valence-electron chi connectivity index (χ0n) is 12.5. The van der Waals surface area contributed by atoms with Gasteiger partial charge in [0.15, 0.2) is 0 Å². The second-order valence-electron chi connectivity index (χ2n) is 4.76. The minimum Gasteiger partial charge on any atom is -0.316 e. The third-order valence-corrected chi connectivity index (χ3v) is 5.46. The monoisotopic (exact) mass is 302 g/mol. The summed E-state index contributed by atoms with van der Waals surface area (Å²) in [5.41, 5.74) is 0.743. The first kappa shape index (κ1) is 17.1. The summed E-state index contributed by atoms with van der Waals surface area (Å²) in [6.45, 7) is 6.33. The fraction of sp³-hybridized carbons (Fsp3) is 0.571. The van der Waals surface area contributed by atoms with Crippen LogP contribution in [0, 0.1) is 5.82 Å². The van der Waals surface area contributed by atoms with Gasteiger partial charge in [0.1, 0.15) is 10.7 Å². The molecule has 0 aliphatic heterocycles. The first-order chi connectivity index (χ1) is 9.38. The van der Waals surface area contributed by atoms with Crippen LogP contribution in [0.25, 0.3) is 0 Å². The first-order valence-electron chi connectivity index (χ1n) is 6.83. The molecule has 0 aliphatic carbocycles. The van der Waals surface area contributed by atoms with E-state index in [4.69, 9.17) is 0 Å². The van der Waals surface area contributed by atoms with Gasteiger partial charge >= 0.3 is 0 Å². The zero-order valence-corrected chi connectivity index (χ0v) is 13.3. The Balaban J connectivity index is 3.29. The Morgan fingerprint density at radius 1 is 1.35 bits per heavy atom. The number of sulfonamides is 1. The van der Waals surface area contributed by atoms with E-state index in [1.165, 1.54) is 16.4 Å². The molecule has 1 unspecified atom stereocenters. The van der Waals surface area contributed by atoms with Crippen molar-refractivity contribution < 1.29 is 12.8 Å². The smallest absolute Gasteiger partial charge is 0.246 e. The molecule has 1 aromatic carbocycles. The molecule has 0 aromatic heterocycles. The van der Waals surface area contributed by atoms with Gasteiger partial charge in [-0.2, -0.15) is 4.31 Å². The summed E-state index contributed by atoms with van der Waals surface area (Å²) in [5, 5.41) is 2.93. The summed E-state index contributed by atoms with van der Waals surface area (Å²) in [6, 6.07) is 4.05. The Morgan fingerprint density at radius 3 is 2.50 bits per heavy atom. The highest BCUT2D eigenvalue weighted by atomic mass is 32.2. The molecule has 0 bridgehead atoms. The summed E-state index contributed by atoms with van der Waals surface area (Å²) in [5.74, 6) is -0.702. The standard InChI is InChI=1S/C14H23FN2O2S/c1-5-11(3)17(6-2)20(18,19)14-9-12(10-16-4)7-8-13(14)15/h7-9,11,16H,5-6,10H2,1-4H3. The summed E-state index contributed by atoms with van der Waals surface area (Å²) >= 11 is 0. The Kier molecular flexibility index (Phi) is 6.10. The lowest BCUT2D eigenvalue weighted by Gasteiger charge is -2.26. The lowest BCUT2D eigenvalue weighted by molar-refractivity contribution is 0.340. The minimum absolute atomic E-state index is 0.155. The second kappa shape index (κ2) is 7.15. The van der Waals surface area contributed by atoms with Crippen LogP contribution in [-0.4, -0.2) is 32.4 Å². The van der Waals surface area contributed by atoms with Crippen molar-refractivity contribution in [2.45, 2.75) is 44.7 Å². The van der Waals surface area contributed by atoms with Gasteiger partial charge in [0.05, 0.1) is 0 Å². The predicted molar refractivity (Wildman–Crippen MR) is 78.5 cm³/mol. The van der Waals surface area contributed by atoms with Crippen LogP contribution >= 0.6 is 0 Å². The van der Waals surface area contributed by atoms with E-state index in [2.05, 4.69) is 5.32 Å². The van der Waals surface area contributed by atoms with E-state index in [1.54, 1.807) is 20.0 Å². The SMILES string of the molecule is CCC(C)N(CC)S(=O)(=O)c1cc(CNC)ccc1F. The van der Waals surface area contributed by atoms with Crippen LogP contribution in [0.15, 0.2) is 23.1 Å². The molecule has 0 spiro atoms. The van der Waals surface area contributed by atoms with Crippen molar-refractivity contribution in [3.05, 3.63) is 29.6 Å². The van der Waals surface area contributed by atoms with Crippen LogP contribution in [0.5, 0.6) is 0 Å². The predicted octanol–water partition coefficient (Wildman–Crippen LogP) is 2.35. The molecule has 0 amide bonds. The Bertz CT molecular complexity index is 546. The van der Waals surface area contributed by atoms with E-state index >= 15 is 0 Å². The topological polar surface area (TPSA) is 49.4 Å². The first-order valence-corrected chi connectivity index (χ1v) is 8.27. The maximum Gasteiger partial charge on any atom is 0.246 e. The van der Waals surface area contributed by atoms with Gasteiger partial charge in [0.25, 0.3) is 0 Å². The molecule has 0 radical (unpaired) electrons. The lowest BCUT2D eigenvalue weighted by Crippen LogP contribution is -2.38. The molecule has 4 nitrogen and oxygen atoms in total. The normalized spacial score (nSPS) is 13.7. The number of hydrogen-bond acceptors (Lipinski definition) is 3. The molecular formula is C14H23FN2O2S. The Labute approximate surface area is 121 Å². The third kappa shape index (κ3) is 3.56. The van der Waals surface area contributed by atoms with Crippen LogP contribution in [-0.2, 0) is 16.6 Å². The molecule has 0 fully saturated rings. The Morgan fingerprint density at radius 2 is 2.00 bits per heavy atom. The number of nitrogens with zero attached hydrogens (tertiary/aromatic N) is 1. The highest BCUT2D eigenvalue weighted by molar-refractivity contribution is 7.89. The van der Waals surface area contributed by atoms with E-state index in [9.17, 15) is 12.8 Å². The molecule has 1 atom stereocenters. The number of nitrogens with one attached hydrogen (secondary N) is 1. The number of rotatable bonds is 7. The van der Waals surface area contributed by atoms with E-state index in [1.807, 2.05) is 13.8 Å². The van der Waals surface area contributed by atoms with Crippen molar-refractivity contribution >= 4 is 10.0 Å². The molecule has 6 heteroatoms. The van der Waals surface area contributed by atoms with Crippen molar-refractivity contribution in [3.63, 3.8) is 0 Å². The van der Waals surface area contributed by atoms with E-state index in [0.29, 0.717) is 19.5 Å². The molecule has 1 rings (SSSR count). The van der Waals surface area contributed by atoms with E-state index < -0.39 is 15.8 Å². The van der Waals surface area contributed by atoms with E-state index in [0.717, 1.165) is 5.56 Å². The number of hydrogen-bond donors (Lipinski definition) is 1. The van der Waals surface area contributed by atoms with Crippen LogP contribution in [0.1, 0.15) is 32.8 Å².